The first-order chi connectivity index (χ1) is 7.19. The van der Waals surface area contributed by atoms with Gasteiger partial charge in [0.15, 0.2) is 0 Å². The zero-order valence-corrected chi connectivity index (χ0v) is 8.76. The monoisotopic (exact) mass is 206 g/mol. The van der Waals surface area contributed by atoms with E-state index in [1.807, 2.05) is 0 Å². The van der Waals surface area contributed by atoms with Gasteiger partial charge in [-0.15, -0.1) is 6.42 Å². The SMILES string of the molecule is C#CCNC(CN)c1ccc(F)c(C)c1. The molecule has 0 bridgehead atoms. The van der Waals surface area contributed by atoms with E-state index in [2.05, 4.69) is 11.2 Å². The molecule has 0 aliphatic heterocycles. The number of hydrogen-bond donors (Lipinski definition) is 2. The van der Waals surface area contributed by atoms with Crippen LogP contribution in [-0.4, -0.2) is 13.1 Å². The second-order valence-corrected chi connectivity index (χ2v) is 3.38. The van der Waals surface area contributed by atoms with Crippen molar-refractivity contribution in [1.82, 2.24) is 5.32 Å². The van der Waals surface area contributed by atoms with Gasteiger partial charge >= 0.3 is 0 Å². The van der Waals surface area contributed by atoms with Crippen LogP contribution in [-0.2, 0) is 0 Å². The van der Waals surface area contributed by atoms with Crippen LogP contribution in [0, 0.1) is 25.1 Å². The van der Waals surface area contributed by atoms with Crippen LogP contribution in [0.4, 0.5) is 4.39 Å². The molecule has 1 aromatic carbocycles. The summed E-state index contributed by atoms with van der Waals surface area (Å²) >= 11 is 0. The lowest BCUT2D eigenvalue weighted by molar-refractivity contribution is 0.575. The van der Waals surface area contributed by atoms with Crippen LogP contribution in [0.2, 0.25) is 0 Å². The van der Waals surface area contributed by atoms with Gasteiger partial charge in [-0.3, -0.25) is 5.32 Å². The fraction of sp³-hybridized carbons (Fsp3) is 0.333. The van der Waals surface area contributed by atoms with E-state index >= 15 is 0 Å². The molecule has 0 aliphatic carbocycles. The Hall–Kier alpha value is -1.37. The highest BCUT2D eigenvalue weighted by atomic mass is 19.1. The number of terminal acetylenes is 1. The van der Waals surface area contributed by atoms with Crippen molar-refractivity contribution in [1.29, 1.82) is 0 Å². The van der Waals surface area contributed by atoms with E-state index in [1.54, 1.807) is 19.1 Å². The molecule has 2 nitrogen and oxygen atoms in total. The van der Waals surface area contributed by atoms with Crippen LogP contribution >= 0.6 is 0 Å². The number of benzene rings is 1. The summed E-state index contributed by atoms with van der Waals surface area (Å²) in [7, 11) is 0. The van der Waals surface area contributed by atoms with Gasteiger partial charge in [0.1, 0.15) is 5.82 Å². The van der Waals surface area contributed by atoms with Crippen molar-refractivity contribution in [3.8, 4) is 12.3 Å². The van der Waals surface area contributed by atoms with Crippen molar-refractivity contribution in [3.05, 3.63) is 35.1 Å². The molecule has 1 rings (SSSR count). The molecule has 0 amide bonds. The molecule has 0 aliphatic rings. The summed E-state index contributed by atoms with van der Waals surface area (Å²) in [6, 6.07) is 4.95. The zero-order chi connectivity index (χ0) is 11.3. The van der Waals surface area contributed by atoms with Gasteiger partial charge < -0.3 is 5.73 Å². The van der Waals surface area contributed by atoms with Crippen molar-refractivity contribution in [2.75, 3.05) is 13.1 Å². The molecule has 0 aromatic heterocycles. The quantitative estimate of drug-likeness (QED) is 0.730. The lowest BCUT2D eigenvalue weighted by Gasteiger charge is -2.16. The average molecular weight is 206 g/mol. The first-order valence-corrected chi connectivity index (χ1v) is 4.82. The molecule has 1 atom stereocenters. The Morgan fingerprint density at radius 2 is 2.33 bits per heavy atom. The minimum absolute atomic E-state index is 0.0136. The molecule has 80 valence electrons. The standard InChI is InChI=1S/C12H15FN2/c1-3-6-15-12(8-14)10-4-5-11(13)9(2)7-10/h1,4-5,7,12,15H,6,8,14H2,2H3. The van der Waals surface area contributed by atoms with E-state index in [-0.39, 0.29) is 11.9 Å². The van der Waals surface area contributed by atoms with E-state index in [9.17, 15) is 4.39 Å². The Morgan fingerprint density at radius 3 is 2.87 bits per heavy atom. The molecule has 1 unspecified atom stereocenters. The fourth-order valence-electron chi connectivity index (χ4n) is 1.40. The minimum atomic E-state index is -0.202. The Kier molecular flexibility index (Phi) is 4.29. The van der Waals surface area contributed by atoms with Crippen LogP contribution in [0.25, 0.3) is 0 Å². The summed E-state index contributed by atoms with van der Waals surface area (Å²) in [5.74, 6) is 2.29. The van der Waals surface area contributed by atoms with Crippen LogP contribution in [0.15, 0.2) is 18.2 Å². The Balaban J connectivity index is 2.83. The predicted octanol–water partition coefficient (Wildman–Crippen LogP) is 1.36. The van der Waals surface area contributed by atoms with Crippen molar-refractivity contribution in [3.63, 3.8) is 0 Å². The lowest BCUT2D eigenvalue weighted by Crippen LogP contribution is -2.28. The molecular formula is C12H15FN2. The number of nitrogens with two attached hydrogens (primary N) is 1. The number of nitrogens with one attached hydrogen (secondary N) is 1. The first-order valence-electron chi connectivity index (χ1n) is 4.82. The molecule has 0 saturated carbocycles. The maximum atomic E-state index is 13.0. The smallest absolute Gasteiger partial charge is 0.126 e. The van der Waals surface area contributed by atoms with Crippen molar-refractivity contribution < 1.29 is 4.39 Å². The third kappa shape index (κ3) is 3.05. The minimum Gasteiger partial charge on any atom is -0.329 e. The zero-order valence-electron chi connectivity index (χ0n) is 8.76. The molecule has 0 heterocycles. The highest BCUT2D eigenvalue weighted by Crippen LogP contribution is 2.15. The van der Waals surface area contributed by atoms with E-state index in [0.717, 1.165) is 5.56 Å². The normalized spacial score (nSPS) is 12.1. The van der Waals surface area contributed by atoms with Gasteiger partial charge in [0.05, 0.1) is 6.54 Å². The number of rotatable bonds is 4. The third-order valence-corrected chi connectivity index (χ3v) is 2.27. The van der Waals surface area contributed by atoms with E-state index in [0.29, 0.717) is 18.7 Å². The molecular weight excluding hydrogens is 191 g/mol. The molecule has 0 spiro atoms. The largest absolute Gasteiger partial charge is 0.329 e. The van der Waals surface area contributed by atoms with Crippen LogP contribution in [0.1, 0.15) is 17.2 Å². The van der Waals surface area contributed by atoms with E-state index < -0.39 is 0 Å². The summed E-state index contributed by atoms with van der Waals surface area (Å²) in [6.07, 6.45) is 5.15. The fourth-order valence-corrected chi connectivity index (χ4v) is 1.40. The molecule has 0 saturated heterocycles. The second-order valence-electron chi connectivity index (χ2n) is 3.38. The molecule has 0 fully saturated rings. The van der Waals surface area contributed by atoms with Gasteiger partial charge in [-0.1, -0.05) is 18.1 Å². The maximum Gasteiger partial charge on any atom is 0.126 e. The summed E-state index contributed by atoms with van der Waals surface area (Å²) in [5.41, 5.74) is 7.19. The van der Waals surface area contributed by atoms with Gasteiger partial charge in [-0.05, 0) is 24.1 Å². The molecule has 3 N–H and O–H groups in total. The Morgan fingerprint density at radius 1 is 1.60 bits per heavy atom. The summed E-state index contributed by atoms with van der Waals surface area (Å²) < 4.78 is 13.0. The lowest BCUT2D eigenvalue weighted by atomic mass is 10.0. The summed E-state index contributed by atoms with van der Waals surface area (Å²) in [5, 5.41) is 3.10. The van der Waals surface area contributed by atoms with Gasteiger partial charge in [-0.25, -0.2) is 4.39 Å². The molecule has 3 heteroatoms. The van der Waals surface area contributed by atoms with Crippen molar-refractivity contribution >= 4 is 0 Å². The van der Waals surface area contributed by atoms with Crippen LogP contribution in [0.3, 0.4) is 0 Å². The second kappa shape index (κ2) is 5.50. The van der Waals surface area contributed by atoms with E-state index in [1.165, 1.54) is 6.07 Å². The van der Waals surface area contributed by atoms with Crippen LogP contribution < -0.4 is 11.1 Å². The highest BCUT2D eigenvalue weighted by molar-refractivity contribution is 5.26. The number of aryl methyl sites for hydroxylation is 1. The van der Waals surface area contributed by atoms with Gasteiger partial charge in [0.25, 0.3) is 0 Å². The van der Waals surface area contributed by atoms with Crippen molar-refractivity contribution in [2.45, 2.75) is 13.0 Å². The number of hydrogen-bond acceptors (Lipinski definition) is 2. The third-order valence-electron chi connectivity index (χ3n) is 2.27. The van der Waals surface area contributed by atoms with Gasteiger partial charge in [-0.2, -0.15) is 0 Å². The topological polar surface area (TPSA) is 38.0 Å². The van der Waals surface area contributed by atoms with Gasteiger partial charge in [0.2, 0.25) is 0 Å². The molecule has 0 radical (unpaired) electrons. The predicted molar refractivity (Wildman–Crippen MR) is 59.8 cm³/mol. The first kappa shape index (κ1) is 11.7. The highest BCUT2D eigenvalue weighted by Gasteiger charge is 2.09. The summed E-state index contributed by atoms with van der Waals surface area (Å²) in [6.45, 7) is 2.62. The summed E-state index contributed by atoms with van der Waals surface area (Å²) in [4.78, 5) is 0. The maximum absolute atomic E-state index is 13.0. The van der Waals surface area contributed by atoms with Crippen molar-refractivity contribution in [2.24, 2.45) is 5.73 Å². The Labute approximate surface area is 89.7 Å². The average Bonchev–Trinajstić information content (AvgIpc) is 2.24. The molecule has 1 aromatic rings. The Bertz CT molecular complexity index is 368. The number of halogens is 1. The van der Waals surface area contributed by atoms with E-state index in [4.69, 9.17) is 12.2 Å². The van der Waals surface area contributed by atoms with Crippen LogP contribution in [0.5, 0.6) is 0 Å². The molecule has 15 heavy (non-hydrogen) atoms. The van der Waals surface area contributed by atoms with Gasteiger partial charge in [0, 0.05) is 12.6 Å².